The van der Waals surface area contributed by atoms with Crippen molar-refractivity contribution in [2.45, 2.75) is 38.6 Å². The molecule has 0 aliphatic heterocycles. The SMILES string of the molecule is Cc1ccc(Nc2ccc(C(=O)NC3CCCC3)nc2)cc1Cl. The number of nitrogens with one attached hydrogen (secondary N) is 2. The zero-order valence-corrected chi connectivity index (χ0v) is 13.9. The summed E-state index contributed by atoms with van der Waals surface area (Å²) >= 11 is 6.12. The van der Waals surface area contributed by atoms with Crippen LogP contribution in [0.1, 0.15) is 41.7 Å². The van der Waals surface area contributed by atoms with E-state index in [9.17, 15) is 4.79 Å². The highest BCUT2D eigenvalue weighted by Crippen LogP contribution is 2.23. The number of carbonyl (C=O) groups is 1. The Hall–Kier alpha value is -2.07. The summed E-state index contributed by atoms with van der Waals surface area (Å²) in [5, 5.41) is 6.99. The van der Waals surface area contributed by atoms with Crippen LogP contribution < -0.4 is 10.6 Å². The lowest BCUT2D eigenvalue weighted by Crippen LogP contribution is -2.33. The third kappa shape index (κ3) is 4.02. The van der Waals surface area contributed by atoms with Crippen LogP contribution in [-0.4, -0.2) is 16.9 Å². The van der Waals surface area contributed by atoms with Gasteiger partial charge in [0.15, 0.2) is 0 Å². The molecule has 1 aromatic carbocycles. The minimum atomic E-state index is -0.0955. The molecule has 4 nitrogen and oxygen atoms in total. The Morgan fingerprint density at radius 3 is 2.57 bits per heavy atom. The van der Waals surface area contributed by atoms with Gasteiger partial charge in [0, 0.05) is 16.8 Å². The van der Waals surface area contributed by atoms with Crippen molar-refractivity contribution >= 4 is 28.9 Å². The van der Waals surface area contributed by atoms with Crippen LogP contribution in [0.2, 0.25) is 5.02 Å². The monoisotopic (exact) mass is 329 g/mol. The van der Waals surface area contributed by atoms with Gasteiger partial charge in [-0.2, -0.15) is 0 Å². The average molecular weight is 330 g/mol. The highest BCUT2D eigenvalue weighted by atomic mass is 35.5. The van der Waals surface area contributed by atoms with Gasteiger partial charge in [-0.25, -0.2) is 4.98 Å². The average Bonchev–Trinajstić information content (AvgIpc) is 3.04. The fourth-order valence-electron chi connectivity index (χ4n) is 2.77. The number of aromatic nitrogens is 1. The fraction of sp³-hybridized carbons (Fsp3) is 0.333. The zero-order chi connectivity index (χ0) is 16.2. The Kier molecular flexibility index (Phi) is 4.82. The largest absolute Gasteiger partial charge is 0.354 e. The van der Waals surface area contributed by atoms with Gasteiger partial charge in [-0.15, -0.1) is 0 Å². The molecule has 0 bridgehead atoms. The third-order valence-electron chi connectivity index (χ3n) is 4.15. The van der Waals surface area contributed by atoms with Crippen molar-refractivity contribution in [3.05, 3.63) is 52.8 Å². The minimum absolute atomic E-state index is 0.0955. The molecule has 0 atom stereocenters. The number of amides is 1. The van der Waals surface area contributed by atoms with Crippen molar-refractivity contribution < 1.29 is 4.79 Å². The van der Waals surface area contributed by atoms with Crippen LogP contribution in [-0.2, 0) is 0 Å². The van der Waals surface area contributed by atoms with Crippen molar-refractivity contribution in [2.75, 3.05) is 5.32 Å². The molecule has 23 heavy (non-hydrogen) atoms. The first-order chi connectivity index (χ1) is 11.1. The molecular weight excluding hydrogens is 310 g/mol. The molecule has 1 saturated carbocycles. The summed E-state index contributed by atoms with van der Waals surface area (Å²) in [7, 11) is 0. The van der Waals surface area contributed by atoms with Crippen LogP contribution in [0.25, 0.3) is 0 Å². The van der Waals surface area contributed by atoms with E-state index in [-0.39, 0.29) is 5.91 Å². The van der Waals surface area contributed by atoms with Crippen molar-refractivity contribution in [1.82, 2.24) is 10.3 Å². The van der Waals surface area contributed by atoms with Gasteiger partial charge >= 0.3 is 0 Å². The molecule has 1 aromatic heterocycles. The molecule has 2 aromatic rings. The Balaban J connectivity index is 1.64. The van der Waals surface area contributed by atoms with E-state index in [2.05, 4.69) is 15.6 Å². The Labute approximate surface area is 141 Å². The number of pyridine rings is 1. The number of aryl methyl sites for hydroxylation is 1. The molecule has 0 saturated heterocycles. The lowest BCUT2D eigenvalue weighted by molar-refractivity contribution is 0.0933. The molecule has 1 aliphatic rings. The molecule has 3 rings (SSSR count). The van der Waals surface area contributed by atoms with E-state index < -0.39 is 0 Å². The Morgan fingerprint density at radius 2 is 1.91 bits per heavy atom. The first-order valence-corrected chi connectivity index (χ1v) is 8.30. The fourth-order valence-corrected chi connectivity index (χ4v) is 2.95. The summed E-state index contributed by atoms with van der Waals surface area (Å²) in [6.07, 6.45) is 6.19. The van der Waals surface area contributed by atoms with Gasteiger partial charge in [0.2, 0.25) is 0 Å². The molecule has 1 fully saturated rings. The summed E-state index contributed by atoms with van der Waals surface area (Å²) in [6, 6.07) is 9.69. The van der Waals surface area contributed by atoms with Gasteiger partial charge < -0.3 is 10.6 Å². The van der Waals surface area contributed by atoms with Crippen LogP contribution in [0.15, 0.2) is 36.5 Å². The lowest BCUT2D eigenvalue weighted by atomic mass is 10.2. The summed E-state index contributed by atoms with van der Waals surface area (Å²) in [6.45, 7) is 1.96. The maximum Gasteiger partial charge on any atom is 0.270 e. The molecule has 2 N–H and O–H groups in total. The normalized spacial score (nSPS) is 14.7. The topological polar surface area (TPSA) is 54.0 Å². The summed E-state index contributed by atoms with van der Waals surface area (Å²) in [5.74, 6) is -0.0955. The van der Waals surface area contributed by atoms with Crippen molar-refractivity contribution in [1.29, 1.82) is 0 Å². The zero-order valence-electron chi connectivity index (χ0n) is 13.1. The predicted octanol–water partition coefficient (Wildman–Crippen LogP) is 4.46. The van der Waals surface area contributed by atoms with Crippen LogP contribution >= 0.6 is 11.6 Å². The standard InChI is InChI=1S/C18H20ClN3O/c1-12-6-7-14(10-16(12)19)21-15-8-9-17(20-11-15)18(23)22-13-4-2-3-5-13/h6-11,13,21H,2-5H2,1H3,(H,22,23). The number of hydrogen-bond acceptors (Lipinski definition) is 3. The number of rotatable bonds is 4. The number of nitrogens with zero attached hydrogens (tertiary/aromatic N) is 1. The van der Waals surface area contributed by atoms with Crippen molar-refractivity contribution in [3.63, 3.8) is 0 Å². The second-order valence-electron chi connectivity index (χ2n) is 5.98. The van der Waals surface area contributed by atoms with Gasteiger partial charge in [-0.1, -0.05) is 30.5 Å². The maximum atomic E-state index is 12.1. The number of halogens is 1. The van der Waals surface area contributed by atoms with Gasteiger partial charge in [0.1, 0.15) is 5.69 Å². The van der Waals surface area contributed by atoms with Gasteiger partial charge in [-0.05, 0) is 49.6 Å². The molecular formula is C18H20ClN3O. The van der Waals surface area contributed by atoms with E-state index in [4.69, 9.17) is 11.6 Å². The van der Waals surface area contributed by atoms with Crippen molar-refractivity contribution in [3.8, 4) is 0 Å². The Bertz CT molecular complexity index is 694. The van der Waals surface area contributed by atoms with E-state index in [1.807, 2.05) is 31.2 Å². The molecule has 0 radical (unpaired) electrons. The van der Waals surface area contributed by atoms with Crippen LogP contribution in [0.3, 0.4) is 0 Å². The Morgan fingerprint density at radius 1 is 1.17 bits per heavy atom. The maximum absolute atomic E-state index is 12.1. The summed E-state index contributed by atoms with van der Waals surface area (Å²) in [5.41, 5.74) is 3.20. The predicted molar refractivity (Wildman–Crippen MR) is 93.4 cm³/mol. The molecule has 0 spiro atoms. The smallest absolute Gasteiger partial charge is 0.270 e. The lowest BCUT2D eigenvalue weighted by Gasteiger charge is -2.12. The quantitative estimate of drug-likeness (QED) is 0.870. The first-order valence-electron chi connectivity index (χ1n) is 7.92. The van der Waals surface area contributed by atoms with Crippen LogP contribution in [0, 0.1) is 6.92 Å². The number of hydrogen-bond donors (Lipinski definition) is 2. The second kappa shape index (κ2) is 7.01. The van der Waals surface area contributed by atoms with Gasteiger partial charge in [0.25, 0.3) is 5.91 Å². The molecule has 1 aliphatic carbocycles. The summed E-state index contributed by atoms with van der Waals surface area (Å²) < 4.78 is 0. The molecule has 1 amide bonds. The van der Waals surface area contributed by atoms with Crippen molar-refractivity contribution in [2.24, 2.45) is 0 Å². The second-order valence-corrected chi connectivity index (χ2v) is 6.38. The van der Waals surface area contributed by atoms with E-state index in [1.165, 1.54) is 12.8 Å². The molecule has 0 unspecified atom stereocenters. The van der Waals surface area contributed by atoms with E-state index >= 15 is 0 Å². The third-order valence-corrected chi connectivity index (χ3v) is 4.55. The highest BCUT2D eigenvalue weighted by molar-refractivity contribution is 6.31. The van der Waals surface area contributed by atoms with E-state index in [1.54, 1.807) is 12.3 Å². The van der Waals surface area contributed by atoms with Crippen LogP contribution in [0.5, 0.6) is 0 Å². The number of benzene rings is 1. The van der Waals surface area contributed by atoms with E-state index in [0.717, 1.165) is 34.8 Å². The molecule has 120 valence electrons. The van der Waals surface area contributed by atoms with Gasteiger partial charge in [-0.3, -0.25) is 4.79 Å². The molecule has 5 heteroatoms. The van der Waals surface area contributed by atoms with E-state index in [0.29, 0.717) is 11.7 Å². The van der Waals surface area contributed by atoms with Gasteiger partial charge in [0.05, 0.1) is 11.9 Å². The number of anilines is 2. The minimum Gasteiger partial charge on any atom is -0.354 e. The first kappa shape index (κ1) is 15.8. The molecule has 1 heterocycles. The van der Waals surface area contributed by atoms with Crippen LogP contribution in [0.4, 0.5) is 11.4 Å². The number of carbonyl (C=O) groups excluding carboxylic acids is 1. The summed E-state index contributed by atoms with van der Waals surface area (Å²) in [4.78, 5) is 16.4. The highest BCUT2D eigenvalue weighted by Gasteiger charge is 2.18.